The predicted octanol–water partition coefficient (Wildman–Crippen LogP) is 2.65. The lowest BCUT2D eigenvalue weighted by Crippen LogP contribution is -2.27. The van der Waals surface area contributed by atoms with Crippen LogP contribution in [0.15, 0.2) is 42.6 Å². The number of nitrogens with two attached hydrogens (primary N) is 1. The molecule has 0 fully saturated rings. The Balaban J connectivity index is 2.28. The molecule has 0 radical (unpaired) electrons. The number of nitrogens with zero attached hydrogens (tertiary/aromatic N) is 2. The lowest BCUT2D eigenvalue weighted by atomic mass is 10.2. The lowest BCUT2D eigenvalue weighted by molar-refractivity contribution is 0.0988. The molecule has 0 bridgehead atoms. The molecule has 0 unspecified atom stereocenters. The van der Waals surface area contributed by atoms with Crippen LogP contribution in [0.1, 0.15) is 16.1 Å². The number of carbonyl (C=O) groups excluding carboxylic acids is 1. The summed E-state index contributed by atoms with van der Waals surface area (Å²) in [7, 11) is 1.66. The third kappa shape index (κ3) is 3.12. The highest BCUT2D eigenvalue weighted by atomic mass is 35.5. The Labute approximate surface area is 127 Å². The van der Waals surface area contributed by atoms with E-state index >= 15 is 0 Å². The van der Waals surface area contributed by atoms with Crippen molar-refractivity contribution in [3.8, 4) is 0 Å². The molecule has 2 aromatic rings. The topological polar surface area (TPSA) is 59.2 Å². The first kappa shape index (κ1) is 14.4. The summed E-state index contributed by atoms with van der Waals surface area (Å²) in [6.07, 6.45) is 1.44. The number of aromatic nitrogens is 1. The molecule has 0 aliphatic heterocycles. The van der Waals surface area contributed by atoms with Crippen LogP contribution in [0.25, 0.3) is 0 Å². The molecule has 1 aromatic carbocycles. The molecule has 1 amide bonds. The van der Waals surface area contributed by atoms with E-state index in [2.05, 4.69) is 4.98 Å². The molecular formula is C14H12ClN3OS. The maximum atomic E-state index is 12.3. The van der Waals surface area contributed by atoms with Gasteiger partial charge in [0.05, 0.1) is 5.02 Å². The van der Waals surface area contributed by atoms with Gasteiger partial charge >= 0.3 is 0 Å². The summed E-state index contributed by atoms with van der Waals surface area (Å²) in [4.78, 5) is 18.1. The van der Waals surface area contributed by atoms with Crippen molar-refractivity contribution in [3.63, 3.8) is 0 Å². The summed E-state index contributed by atoms with van der Waals surface area (Å²) < 4.78 is 0. The van der Waals surface area contributed by atoms with Gasteiger partial charge in [0.1, 0.15) is 10.7 Å². The molecule has 102 valence electrons. The van der Waals surface area contributed by atoms with Gasteiger partial charge < -0.3 is 10.6 Å². The Morgan fingerprint density at radius 3 is 2.70 bits per heavy atom. The van der Waals surface area contributed by atoms with Gasteiger partial charge in [-0.05, 0) is 24.3 Å². The second-order valence-electron chi connectivity index (χ2n) is 4.14. The Hall–Kier alpha value is -1.98. The number of hydrogen-bond acceptors (Lipinski definition) is 3. The first-order valence-corrected chi connectivity index (χ1v) is 6.57. The Morgan fingerprint density at radius 2 is 2.10 bits per heavy atom. The molecule has 0 aliphatic rings. The fourth-order valence-corrected chi connectivity index (χ4v) is 1.90. The van der Waals surface area contributed by atoms with Crippen molar-refractivity contribution in [3.05, 3.63) is 58.9 Å². The van der Waals surface area contributed by atoms with Crippen LogP contribution in [0.4, 0.5) is 5.69 Å². The van der Waals surface area contributed by atoms with Crippen LogP contribution in [0.3, 0.4) is 0 Å². The van der Waals surface area contributed by atoms with E-state index in [0.29, 0.717) is 22.0 Å². The first-order chi connectivity index (χ1) is 9.49. The minimum absolute atomic E-state index is 0.234. The zero-order chi connectivity index (χ0) is 14.7. The number of rotatable bonds is 3. The van der Waals surface area contributed by atoms with Gasteiger partial charge in [-0.15, -0.1) is 0 Å². The van der Waals surface area contributed by atoms with E-state index in [4.69, 9.17) is 29.6 Å². The predicted molar refractivity (Wildman–Crippen MR) is 84.3 cm³/mol. The summed E-state index contributed by atoms with van der Waals surface area (Å²) in [6, 6.07) is 10.4. The van der Waals surface area contributed by atoms with E-state index in [0.717, 1.165) is 0 Å². The lowest BCUT2D eigenvalue weighted by Gasteiger charge is -2.17. The fourth-order valence-electron chi connectivity index (χ4n) is 1.66. The zero-order valence-electron chi connectivity index (χ0n) is 10.7. The van der Waals surface area contributed by atoms with Gasteiger partial charge in [-0.1, -0.05) is 36.0 Å². The molecule has 0 atom stereocenters. The van der Waals surface area contributed by atoms with Crippen LogP contribution in [0, 0.1) is 0 Å². The van der Waals surface area contributed by atoms with Gasteiger partial charge in [-0.25, -0.2) is 4.98 Å². The molecule has 4 nitrogen and oxygen atoms in total. The van der Waals surface area contributed by atoms with Crippen LogP contribution in [-0.2, 0) is 0 Å². The number of anilines is 1. The molecule has 1 aromatic heterocycles. The van der Waals surface area contributed by atoms with Crippen LogP contribution >= 0.6 is 23.8 Å². The van der Waals surface area contributed by atoms with E-state index in [-0.39, 0.29) is 10.9 Å². The highest BCUT2D eigenvalue weighted by molar-refractivity contribution is 7.80. The molecule has 0 saturated carbocycles. The number of amides is 1. The van der Waals surface area contributed by atoms with Crippen molar-refractivity contribution in [1.29, 1.82) is 0 Å². The van der Waals surface area contributed by atoms with Gasteiger partial charge in [0.15, 0.2) is 0 Å². The molecule has 0 aliphatic carbocycles. The van der Waals surface area contributed by atoms with Crippen LogP contribution in [0.5, 0.6) is 0 Å². The number of pyridine rings is 1. The zero-order valence-corrected chi connectivity index (χ0v) is 12.3. The Morgan fingerprint density at radius 1 is 1.35 bits per heavy atom. The molecule has 2 rings (SSSR count). The highest BCUT2D eigenvalue weighted by Crippen LogP contribution is 2.17. The number of thiocarbonyl (C=S) groups is 1. The SMILES string of the molecule is CN(C(=O)c1ccc(Cl)cn1)c1cccc(C(N)=S)c1. The fraction of sp³-hybridized carbons (Fsp3) is 0.0714. The third-order valence-corrected chi connectivity index (χ3v) is 3.23. The van der Waals surface area contributed by atoms with E-state index in [1.165, 1.54) is 11.1 Å². The number of carbonyl (C=O) groups is 1. The molecular weight excluding hydrogens is 294 g/mol. The van der Waals surface area contributed by atoms with Gasteiger partial charge in [0.2, 0.25) is 0 Å². The summed E-state index contributed by atoms with van der Waals surface area (Å²) in [5, 5.41) is 0.486. The summed E-state index contributed by atoms with van der Waals surface area (Å²) >= 11 is 10.7. The van der Waals surface area contributed by atoms with E-state index in [1.807, 2.05) is 0 Å². The number of hydrogen-bond donors (Lipinski definition) is 1. The average Bonchev–Trinajstić information content (AvgIpc) is 2.46. The second kappa shape index (κ2) is 5.98. The van der Waals surface area contributed by atoms with Crippen molar-refractivity contribution in [1.82, 2.24) is 4.98 Å². The quantitative estimate of drug-likeness (QED) is 0.886. The van der Waals surface area contributed by atoms with Gasteiger partial charge in [0.25, 0.3) is 5.91 Å². The largest absolute Gasteiger partial charge is 0.389 e. The van der Waals surface area contributed by atoms with Crippen LogP contribution < -0.4 is 10.6 Å². The maximum Gasteiger partial charge on any atom is 0.276 e. The first-order valence-electron chi connectivity index (χ1n) is 5.78. The Bertz CT molecular complexity index is 658. The van der Waals surface area contributed by atoms with E-state index in [1.54, 1.807) is 43.4 Å². The van der Waals surface area contributed by atoms with Crippen molar-refractivity contribution in [2.24, 2.45) is 5.73 Å². The normalized spacial score (nSPS) is 10.1. The summed E-state index contributed by atoms with van der Waals surface area (Å²) in [5.74, 6) is -0.234. The molecule has 2 N–H and O–H groups in total. The molecule has 1 heterocycles. The van der Waals surface area contributed by atoms with Gasteiger partial charge in [-0.2, -0.15) is 0 Å². The third-order valence-electron chi connectivity index (χ3n) is 2.77. The minimum atomic E-state index is -0.234. The van der Waals surface area contributed by atoms with E-state index in [9.17, 15) is 4.79 Å². The summed E-state index contributed by atoms with van der Waals surface area (Å²) in [6.45, 7) is 0. The monoisotopic (exact) mass is 305 g/mol. The second-order valence-corrected chi connectivity index (χ2v) is 5.02. The van der Waals surface area contributed by atoms with Gasteiger partial charge in [0, 0.05) is 24.5 Å². The summed E-state index contributed by atoms with van der Waals surface area (Å²) in [5.41, 5.74) is 7.31. The van der Waals surface area contributed by atoms with Crippen molar-refractivity contribution in [2.75, 3.05) is 11.9 Å². The van der Waals surface area contributed by atoms with Crippen LogP contribution in [0.2, 0.25) is 5.02 Å². The van der Waals surface area contributed by atoms with Crippen LogP contribution in [-0.4, -0.2) is 22.9 Å². The standard InChI is InChI=1S/C14H12ClN3OS/c1-18(11-4-2-3-9(7-11)13(16)20)14(19)12-6-5-10(15)8-17-12/h2-8H,1H3,(H2,16,20). The van der Waals surface area contributed by atoms with Crippen molar-refractivity contribution < 1.29 is 4.79 Å². The minimum Gasteiger partial charge on any atom is -0.389 e. The molecule has 6 heteroatoms. The average molecular weight is 306 g/mol. The maximum absolute atomic E-state index is 12.3. The Kier molecular flexibility index (Phi) is 4.32. The van der Waals surface area contributed by atoms with Gasteiger partial charge in [-0.3, -0.25) is 4.79 Å². The number of halogens is 1. The molecule has 20 heavy (non-hydrogen) atoms. The van der Waals surface area contributed by atoms with Crippen molar-refractivity contribution in [2.45, 2.75) is 0 Å². The molecule has 0 saturated heterocycles. The highest BCUT2D eigenvalue weighted by Gasteiger charge is 2.15. The van der Waals surface area contributed by atoms with E-state index < -0.39 is 0 Å². The number of benzene rings is 1. The smallest absolute Gasteiger partial charge is 0.276 e. The van der Waals surface area contributed by atoms with Crippen molar-refractivity contribution >= 4 is 40.4 Å². The molecule has 0 spiro atoms.